The predicted octanol–water partition coefficient (Wildman–Crippen LogP) is 0.377. The van der Waals surface area contributed by atoms with E-state index in [1.165, 1.54) is 0 Å². The van der Waals surface area contributed by atoms with Crippen molar-refractivity contribution in [2.75, 3.05) is 38.6 Å². The average molecular weight is 293 g/mol. The Balaban J connectivity index is 2.75. The molecule has 0 bridgehead atoms. The maximum Gasteiger partial charge on any atom is 0.325 e. The molecule has 0 atom stereocenters. The Kier molecular flexibility index (Phi) is 5.76. The lowest BCUT2D eigenvalue weighted by molar-refractivity contribution is -0.140. The summed E-state index contributed by atoms with van der Waals surface area (Å²) in [6.45, 7) is 6.22. The van der Waals surface area contributed by atoms with Crippen molar-refractivity contribution in [2.45, 2.75) is 31.4 Å². The molecule has 7 heteroatoms. The molecule has 19 heavy (non-hydrogen) atoms. The second-order valence-corrected chi connectivity index (χ2v) is 7.20. The van der Waals surface area contributed by atoms with Crippen LogP contribution < -0.4 is 0 Å². The Labute approximate surface area is 114 Å². The van der Waals surface area contributed by atoms with Gasteiger partial charge in [-0.1, -0.05) is 13.8 Å². The minimum absolute atomic E-state index is 0.101. The van der Waals surface area contributed by atoms with Crippen molar-refractivity contribution in [1.29, 1.82) is 0 Å². The number of hydrogen-bond donors (Lipinski definition) is 1. The molecule has 1 rings (SSSR count). The number of ether oxygens (including phenoxy) is 1. The van der Waals surface area contributed by atoms with Gasteiger partial charge in [0.2, 0.25) is 0 Å². The minimum Gasteiger partial charge on any atom is -0.480 e. The lowest BCUT2D eigenvalue weighted by atomic mass is 10.0. The summed E-state index contributed by atoms with van der Waals surface area (Å²) in [5.74, 6) is -1.35. The number of nitrogens with zero attached hydrogens (tertiary/aromatic N) is 1. The molecule has 0 aromatic heterocycles. The predicted molar refractivity (Wildman–Crippen MR) is 72.0 cm³/mol. The van der Waals surface area contributed by atoms with Crippen molar-refractivity contribution in [3.8, 4) is 0 Å². The van der Waals surface area contributed by atoms with Crippen LogP contribution in [0.4, 0.5) is 0 Å². The summed E-state index contributed by atoms with van der Waals surface area (Å²) >= 11 is 0. The number of carbonyl (C=O) groups is 1. The second-order valence-electron chi connectivity index (χ2n) is 4.78. The molecule has 0 unspecified atom stereocenters. The van der Waals surface area contributed by atoms with Crippen LogP contribution in [0.5, 0.6) is 0 Å². The van der Waals surface area contributed by atoms with Crippen molar-refractivity contribution in [3.63, 3.8) is 0 Å². The topological polar surface area (TPSA) is 83.9 Å². The van der Waals surface area contributed by atoms with Gasteiger partial charge in [0.25, 0.3) is 0 Å². The smallest absolute Gasteiger partial charge is 0.325 e. The van der Waals surface area contributed by atoms with Crippen molar-refractivity contribution >= 4 is 15.8 Å². The first-order chi connectivity index (χ1) is 8.89. The van der Waals surface area contributed by atoms with Crippen LogP contribution in [0, 0.1) is 0 Å². The van der Waals surface area contributed by atoms with Gasteiger partial charge in [0, 0.05) is 19.6 Å². The van der Waals surface area contributed by atoms with Gasteiger partial charge >= 0.3 is 5.97 Å². The number of carboxylic acids is 1. The van der Waals surface area contributed by atoms with Crippen molar-refractivity contribution in [3.05, 3.63) is 0 Å². The van der Waals surface area contributed by atoms with Gasteiger partial charge in [0.15, 0.2) is 14.6 Å². The average Bonchev–Trinajstić information content (AvgIpc) is 2.39. The fraction of sp³-hybridized carbons (Fsp3) is 0.917. The van der Waals surface area contributed by atoms with Gasteiger partial charge in [0.05, 0.1) is 19.0 Å². The van der Waals surface area contributed by atoms with E-state index in [1.54, 1.807) is 13.8 Å². The molecule has 6 nitrogen and oxygen atoms in total. The summed E-state index contributed by atoms with van der Waals surface area (Å²) in [7, 11) is -3.66. The summed E-state index contributed by atoms with van der Waals surface area (Å²) in [4.78, 5) is 13.4. The van der Waals surface area contributed by atoms with Crippen LogP contribution in [0.3, 0.4) is 0 Å². The zero-order chi connectivity index (χ0) is 14.5. The van der Waals surface area contributed by atoms with Crippen LogP contribution in [0.1, 0.15) is 26.7 Å². The lowest BCUT2D eigenvalue weighted by Crippen LogP contribution is -2.49. The maximum absolute atomic E-state index is 12.4. The summed E-state index contributed by atoms with van der Waals surface area (Å²) in [6.07, 6.45) is 0.203. The third kappa shape index (κ3) is 3.46. The second kappa shape index (κ2) is 6.67. The number of hydrogen-bond acceptors (Lipinski definition) is 5. The molecule has 1 aliphatic heterocycles. The van der Waals surface area contributed by atoms with Crippen LogP contribution in [-0.4, -0.2) is 67.7 Å². The molecule has 0 amide bonds. The van der Waals surface area contributed by atoms with Crippen LogP contribution in [0.2, 0.25) is 0 Å². The molecule has 1 heterocycles. The Hall–Kier alpha value is -0.660. The van der Waals surface area contributed by atoms with E-state index in [-0.39, 0.29) is 18.6 Å². The molecule has 0 aliphatic carbocycles. The summed E-state index contributed by atoms with van der Waals surface area (Å²) in [5.41, 5.74) is 0. The SMILES string of the molecule is CCC(CC)(C(=O)O)S(=O)(=O)CCN1CCOCC1. The van der Waals surface area contributed by atoms with E-state index in [1.807, 2.05) is 4.90 Å². The minimum atomic E-state index is -3.66. The largest absolute Gasteiger partial charge is 0.480 e. The maximum atomic E-state index is 12.4. The molecule has 1 N–H and O–H groups in total. The fourth-order valence-electron chi connectivity index (χ4n) is 2.39. The Morgan fingerprint density at radius 1 is 1.26 bits per heavy atom. The highest BCUT2D eigenvalue weighted by Crippen LogP contribution is 2.27. The highest BCUT2D eigenvalue weighted by Gasteiger charge is 2.47. The van der Waals surface area contributed by atoms with E-state index in [2.05, 4.69) is 0 Å². The number of sulfone groups is 1. The van der Waals surface area contributed by atoms with E-state index in [4.69, 9.17) is 4.74 Å². The van der Waals surface area contributed by atoms with Gasteiger partial charge in [-0.25, -0.2) is 8.42 Å². The normalized spacial score (nSPS) is 18.4. The van der Waals surface area contributed by atoms with Gasteiger partial charge in [-0.3, -0.25) is 9.69 Å². The first kappa shape index (κ1) is 16.4. The van der Waals surface area contributed by atoms with Gasteiger partial charge in [-0.2, -0.15) is 0 Å². The molecular weight excluding hydrogens is 270 g/mol. The zero-order valence-corrected chi connectivity index (χ0v) is 12.4. The third-order valence-corrected chi connectivity index (χ3v) is 6.57. The zero-order valence-electron chi connectivity index (χ0n) is 11.6. The number of rotatable bonds is 7. The Morgan fingerprint density at radius 3 is 2.21 bits per heavy atom. The van der Waals surface area contributed by atoms with Crippen LogP contribution in [0.25, 0.3) is 0 Å². The number of carboxylic acid groups (broad SMARTS) is 1. The van der Waals surface area contributed by atoms with Crippen molar-refractivity contribution in [2.24, 2.45) is 0 Å². The van der Waals surface area contributed by atoms with E-state index >= 15 is 0 Å². The van der Waals surface area contributed by atoms with Gasteiger partial charge in [0.1, 0.15) is 0 Å². The summed E-state index contributed by atoms with van der Waals surface area (Å²) in [5, 5.41) is 9.28. The molecule has 1 fully saturated rings. The molecule has 0 saturated carbocycles. The van der Waals surface area contributed by atoms with Crippen molar-refractivity contribution < 1.29 is 23.1 Å². The van der Waals surface area contributed by atoms with Gasteiger partial charge < -0.3 is 9.84 Å². The van der Waals surface area contributed by atoms with Gasteiger partial charge in [-0.05, 0) is 12.8 Å². The Morgan fingerprint density at radius 2 is 1.79 bits per heavy atom. The number of morpholine rings is 1. The fourth-order valence-corrected chi connectivity index (χ4v) is 4.43. The first-order valence-corrected chi connectivity index (χ1v) is 8.30. The van der Waals surface area contributed by atoms with Crippen LogP contribution >= 0.6 is 0 Å². The highest BCUT2D eigenvalue weighted by atomic mass is 32.2. The molecule has 112 valence electrons. The van der Waals surface area contributed by atoms with E-state index in [9.17, 15) is 18.3 Å². The molecule has 0 radical (unpaired) electrons. The quantitative estimate of drug-likeness (QED) is 0.730. The van der Waals surface area contributed by atoms with Crippen LogP contribution in [-0.2, 0) is 19.4 Å². The molecule has 1 saturated heterocycles. The standard InChI is InChI=1S/C12H23NO5S/c1-3-12(4-2,11(14)15)19(16,17)10-7-13-5-8-18-9-6-13/h3-10H2,1-2H3,(H,14,15). The molecule has 0 aromatic rings. The van der Waals surface area contributed by atoms with Crippen LogP contribution in [0.15, 0.2) is 0 Å². The lowest BCUT2D eigenvalue weighted by Gasteiger charge is -2.30. The molecular formula is C12H23NO5S. The Bertz CT molecular complexity index is 396. The molecule has 0 aromatic carbocycles. The van der Waals surface area contributed by atoms with Gasteiger partial charge in [-0.15, -0.1) is 0 Å². The summed E-state index contributed by atoms with van der Waals surface area (Å²) < 4.78 is 28.3. The first-order valence-electron chi connectivity index (χ1n) is 6.65. The number of aliphatic carboxylic acids is 1. The van der Waals surface area contributed by atoms with E-state index in [0.717, 1.165) is 0 Å². The molecule has 1 aliphatic rings. The van der Waals surface area contributed by atoms with E-state index in [0.29, 0.717) is 32.8 Å². The summed E-state index contributed by atoms with van der Waals surface area (Å²) in [6, 6.07) is 0. The highest BCUT2D eigenvalue weighted by molar-refractivity contribution is 7.93. The third-order valence-electron chi connectivity index (χ3n) is 3.91. The van der Waals surface area contributed by atoms with Crippen molar-refractivity contribution in [1.82, 2.24) is 4.90 Å². The monoisotopic (exact) mass is 293 g/mol. The molecule has 0 spiro atoms. The van der Waals surface area contributed by atoms with E-state index < -0.39 is 20.6 Å².